The van der Waals surface area contributed by atoms with Gasteiger partial charge in [-0.05, 0) is 0 Å². The molecule has 1 aliphatic carbocycles. The van der Waals surface area contributed by atoms with Gasteiger partial charge in [0.05, 0.1) is 0 Å². The van der Waals surface area contributed by atoms with Crippen LogP contribution in [0, 0.1) is 0 Å². The number of ketones is 1. The topological polar surface area (TPSA) is 33.2 Å². The van der Waals surface area contributed by atoms with E-state index in [9.17, 15) is 4.79 Å². The number of benzene rings is 1. The summed E-state index contributed by atoms with van der Waals surface area (Å²) in [5, 5.41) is 0. The molecule has 1 aliphatic heterocycles. The van der Waals surface area contributed by atoms with E-state index >= 15 is 0 Å². The van der Waals surface area contributed by atoms with Crippen molar-refractivity contribution in [3.63, 3.8) is 0 Å². The summed E-state index contributed by atoms with van der Waals surface area (Å²) in [6, 6.07) is 12.3. The summed E-state index contributed by atoms with van der Waals surface area (Å²) in [6.07, 6.45) is 9.38. The first-order chi connectivity index (χ1) is 11.2. The number of allylic oxidation sites excluding steroid dienone is 5. The molecule has 0 saturated carbocycles. The first-order valence-corrected chi connectivity index (χ1v) is 9.06. The monoisotopic (exact) mass is 366 g/mol. The standard InChI is InChI=1S/C19H14N2OSe/c1-21-15-6-2-3-7-17(15)23-18(21)11-9-13-8-10-16(22)19-14(13)5-4-12-20-19/h2-12H,1H3/b13-9-,18-11+. The minimum absolute atomic E-state index is 0.0278. The fourth-order valence-electron chi connectivity index (χ4n) is 2.74. The molecule has 0 unspecified atom stereocenters. The Labute approximate surface area is 141 Å². The number of carbonyl (C=O) groups excluding carboxylic acids is 1. The van der Waals surface area contributed by atoms with Crippen molar-refractivity contribution in [3.8, 4) is 0 Å². The van der Waals surface area contributed by atoms with Crippen LogP contribution in [0.15, 0.2) is 71.5 Å². The van der Waals surface area contributed by atoms with Crippen LogP contribution < -0.4 is 9.36 Å². The number of carbonyl (C=O) groups is 1. The summed E-state index contributed by atoms with van der Waals surface area (Å²) >= 11 is 0.314. The van der Waals surface area contributed by atoms with E-state index in [2.05, 4.69) is 53.3 Å². The summed E-state index contributed by atoms with van der Waals surface area (Å²) in [6.45, 7) is 0. The summed E-state index contributed by atoms with van der Waals surface area (Å²) < 4.78 is 2.71. The van der Waals surface area contributed by atoms with Crippen LogP contribution in [0.3, 0.4) is 0 Å². The third kappa shape index (κ3) is 2.46. The molecule has 1 aromatic carbocycles. The van der Waals surface area contributed by atoms with E-state index in [1.54, 1.807) is 12.3 Å². The van der Waals surface area contributed by atoms with Gasteiger partial charge in [-0.15, -0.1) is 0 Å². The van der Waals surface area contributed by atoms with Gasteiger partial charge in [0.25, 0.3) is 0 Å². The number of para-hydroxylation sites is 1. The molecule has 2 aliphatic rings. The molecule has 0 saturated heterocycles. The van der Waals surface area contributed by atoms with Gasteiger partial charge in [-0.25, -0.2) is 0 Å². The summed E-state index contributed by atoms with van der Waals surface area (Å²) in [5.74, 6) is -0.0278. The van der Waals surface area contributed by atoms with E-state index in [-0.39, 0.29) is 5.78 Å². The zero-order valence-electron chi connectivity index (χ0n) is 12.6. The predicted octanol–water partition coefficient (Wildman–Crippen LogP) is 2.54. The van der Waals surface area contributed by atoms with Crippen LogP contribution in [-0.4, -0.2) is 32.8 Å². The van der Waals surface area contributed by atoms with Crippen LogP contribution in [0.4, 0.5) is 5.69 Å². The molecule has 2 aromatic rings. The molecule has 0 radical (unpaired) electrons. The number of pyridine rings is 1. The van der Waals surface area contributed by atoms with Gasteiger partial charge < -0.3 is 0 Å². The second-order valence-electron chi connectivity index (χ2n) is 5.35. The molecule has 0 fully saturated rings. The van der Waals surface area contributed by atoms with E-state index in [1.165, 1.54) is 14.7 Å². The molecular formula is C19H14N2OSe. The number of anilines is 1. The number of hydrogen-bond acceptors (Lipinski definition) is 3. The number of fused-ring (bicyclic) bond motifs is 2. The Morgan fingerprint density at radius 3 is 2.83 bits per heavy atom. The number of hydrogen-bond donors (Lipinski definition) is 0. The van der Waals surface area contributed by atoms with Crippen LogP contribution in [0.2, 0.25) is 0 Å². The molecule has 4 heteroatoms. The van der Waals surface area contributed by atoms with E-state index in [0.29, 0.717) is 20.7 Å². The minimum atomic E-state index is -0.0278. The number of rotatable bonds is 1. The average molecular weight is 365 g/mol. The van der Waals surface area contributed by atoms with Gasteiger partial charge in [-0.3, -0.25) is 0 Å². The van der Waals surface area contributed by atoms with Crippen molar-refractivity contribution in [2.75, 3.05) is 11.9 Å². The summed E-state index contributed by atoms with van der Waals surface area (Å²) in [4.78, 5) is 18.3. The number of aromatic nitrogens is 1. The zero-order valence-corrected chi connectivity index (χ0v) is 14.3. The first kappa shape index (κ1) is 14.2. The van der Waals surface area contributed by atoms with Gasteiger partial charge >= 0.3 is 141 Å². The molecule has 3 nitrogen and oxygen atoms in total. The molecule has 0 bridgehead atoms. The Hall–Kier alpha value is -2.42. The van der Waals surface area contributed by atoms with Crippen molar-refractivity contribution < 1.29 is 4.79 Å². The molecule has 0 atom stereocenters. The second-order valence-corrected chi connectivity index (χ2v) is 7.58. The molecule has 2 heterocycles. The fourth-order valence-corrected chi connectivity index (χ4v) is 4.95. The Bertz CT molecular complexity index is 896. The fraction of sp³-hybridized carbons (Fsp3) is 0.0526. The van der Waals surface area contributed by atoms with Crippen molar-refractivity contribution in [1.82, 2.24) is 4.98 Å². The number of nitrogens with zero attached hydrogens (tertiary/aromatic N) is 2. The van der Waals surface area contributed by atoms with Gasteiger partial charge in [0.15, 0.2) is 0 Å². The van der Waals surface area contributed by atoms with E-state index < -0.39 is 0 Å². The van der Waals surface area contributed by atoms with Crippen molar-refractivity contribution >= 4 is 36.5 Å². The molecule has 23 heavy (non-hydrogen) atoms. The zero-order chi connectivity index (χ0) is 15.8. The van der Waals surface area contributed by atoms with Crippen molar-refractivity contribution in [2.24, 2.45) is 0 Å². The van der Waals surface area contributed by atoms with Crippen LogP contribution in [-0.2, 0) is 0 Å². The molecule has 1 aromatic heterocycles. The molecular weight excluding hydrogens is 351 g/mol. The molecule has 0 N–H and O–H groups in total. The van der Waals surface area contributed by atoms with Crippen molar-refractivity contribution in [1.29, 1.82) is 0 Å². The van der Waals surface area contributed by atoms with Crippen molar-refractivity contribution in [2.45, 2.75) is 0 Å². The van der Waals surface area contributed by atoms with Crippen LogP contribution in [0.5, 0.6) is 0 Å². The SMILES string of the molecule is CN1/C(=C\C=C2\C=CC(=O)c3ncccc32)[Se]c2ccccc21. The van der Waals surface area contributed by atoms with Gasteiger partial charge in [0.1, 0.15) is 0 Å². The second kappa shape index (κ2) is 5.65. The maximum absolute atomic E-state index is 11.9. The summed E-state index contributed by atoms with van der Waals surface area (Å²) in [7, 11) is 2.10. The normalized spacial score (nSPS) is 19.3. The van der Waals surface area contributed by atoms with E-state index in [0.717, 1.165) is 11.1 Å². The maximum atomic E-state index is 11.9. The Morgan fingerprint density at radius 2 is 1.96 bits per heavy atom. The van der Waals surface area contributed by atoms with Crippen molar-refractivity contribution in [3.05, 3.63) is 82.8 Å². The van der Waals surface area contributed by atoms with Gasteiger partial charge in [-0.2, -0.15) is 0 Å². The Kier molecular flexibility index (Phi) is 3.49. The predicted molar refractivity (Wildman–Crippen MR) is 94.0 cm³/mol. The Balaban J connectivity index is 1.70. The summed E-state index contributed by atoms with van der Waals surface area (Å²) in [5.41, 5.74) is 3.75. The van der Waals surface area contributed by atoms with Gasteiger partial charge in [-0.1, -0.05) is 0 Å². The Morgan fingerprint density at radius 1 is 1.09 bits per heavy atom. The first-order valence-electron chi connectivity index (χ1n) is 7.34. The molecule has 112 valence electrons. The van der Waals surface area contributed by atoms with Crippen LogP contribution in [0.1, 0.15) is 16.1 Å². The third-order valence-corrected chi connectivity index (χ3v) is 6.43. The van der Waals surface area contributed by atoms with Crippen LogP contribution >= 0.6 is 0 Å². The van der Waals surface area contributed by atoms with Crippen LogP contribution in [0.25, 0.3) is 5.57 Å². The molecule has 0 spiro atoms. The van der Waals surface area contributed by atoms with Gasteiger partial charge in [0, 0.05) is 0 Å². The van der Waals surface area contributed by atoms with E-state index in [4.69, 9.17) is 0 Å². The quantitative estimate of drug-likeness (QED) is 0.729. The molecule has 0 amide bonds. The van der Waals surface area contributed by atoms with E-state index in [1.807, 2.05) is 18.2 Å². The van der Waals surface area contributed by atoms with Gasteiger partial charge in [0.2, 0.25) is 0 Å². The third-order valence-electron chi connectivity index (χ3n) is 3.94. The molecule has 4 rings (SSSR count). The average Bonchev–Trinajstić information content (AvgIpc) is 2.91.